The molecule has 2 aromatic heterocycles. The topological polar surface area (TPSA) is 63.5 Å². The van der Waals surface area contributed by atoms with Crippen molar-refractivity contribution >= 4 is 27.9 Å². The van der Waals surface area contributed by atoms with Crippen LogP contribution in [0.1, 0.15) is 15.9 Å². The van der Waals surface area contributed by atoms with Gasteiger partial charge in [0.1, 0.15) is 11.4 Å². The molecule has 2 heterocycles. The minimum Gasteiger partial charge on any atom is -0.319 e. The Bertz CT molecular complexity index is 994. The predicted molar refractivity (Wildman–Crippen MR) is 78.7 cm³/mol. The van der Waals surface area contributed by atoms with Gasteiger partial charge in [0, 0.05) is 17.8 Å². The molecule has 0 aliphatic carbocycles. The number of carbonyl (C=O) groups is 1. The maximum Gasteiger partial charge on any atom is 0.416 e. The van der Waals surface area contributed by atoms with E-state index in [2.05, 4.69) is 4.98 Å². The zero-order valence-electron chi connectivity index (χ0n) is 11.6. The molecule has 0 bridgehead atoms. The molecule has 0 radical (unpaired) electrons. The minimum atomic E-state index is -4.69. The Morgan fingerprint density at radius 1 is 1.29 bits per heavy atom. The summed E-state index contributed by atoms with van der Waals surface area (Å²) in [6, 6.07) is 1.60. The summed E-state index contributed by atoms with van der Waals surface area (Å²) in [6.07, 6.45) is -2.30. The monoisotopic (exact) mass is 357 g/mol. The van der Waals surface area contributed by atoms with E-state index in [0.717, 1.165) is 10.6 Å². The number of nitrogens with zero attached hydrogens (tertiary/aromatic N) is 2. The molecule has 10 heteroatoms. The molecule has 124 valence electrons. The lowest BCUT2D eigenvalue weighted by atomic mass is 10.1. The summed E-state index contributed by atoms with van der Waals surface area (Å²) in [4.78, 5) is 28.5. The molecular formula is C14H7F4N3O2S. The summed E-state index contributed by atoms with van der Waals surface area (Å²) in [5.74, 6) is -2.10. The van der Waals surface area contributed by atoms with Gasteiger partial charge in [-0.15, -0.1) is 11.3 Å². The third kappa shape index (κ3) is 2.87. The van der Waals surface area contributed by atoms with E-state index in [1.54, 1.807) is 5.38 Å². The third-order valence-corrected chi connectivity index (χ3v) is 3.90. The number of rotatable bonds is 2. The number of aromatic nitrogens is 2. The summed E-state index contributed by atoms with van der Waals surface area (Å²) in [7, 11) is 0. The number of thiazole rings is 1. The van der Waals surface area contributed by atoms with Crippen molar-refractivity contribution in [3.8, 4) is 0 Å². The number of hydrogen-bond donors (Lipinski definition) is 1. The average Bonchev–Trinajstić information content (AvgIpc) is 2.98. The van der Waals surface area contributed by atoms with Gasteiger partial charge in [-0.05, 0) is 18.2 Å². The number of anilines is 1. The maximum atomic E-state index is 13.7. The lowest BCUT2D eigenvalue weighted by molar-refractivity contribution is -0.137. The van der Waals surface area contributed by atoms with E-state index in [1.807, 2.05) is 5.32 Å². The Kier molecular flexibility index (Phi) is 3.84. The van der Waals surface area contributed by atoms with E-state index in [4.69, 9.17) is 0 Å². The number of alkyl halides is 3. The highest BCUT2D eigenvalue weighted by Gasteiger charge is 2.31. The summed E-state index contributed by atoms with van der Waals surface area (Å²) in [5, 5.41) is 3.55. The van der Waals surface area contributed by atoms with Crippen molar-refractivity contribution in [1.29, 1.82) is 0 Å². The first-order valence-electron chi connectivity index (χ1n) is 6.40. The zero-order valence-corrected chi connectivity index (χ0v) is 12.4. The smallest absolute Gasteiger partial charge is 0.319 e. The average molecular weight is 357 g/mol. The van der Waals surface area contributed by atoms with Gasteiger partial charge in [-0.1, -0.05) is 0 Å². The van der Waals surface area contributed by atoms with Crippen LogP contribution in [0.2, 0.25) is 0 Å². The van der Waals surface area contributed by atoms with Crippen LogP contribution in [0.3, 0.4) is 0 Å². The quantitative estimate of drug-likeness (QED) is 0.717. The molecule has 1 N–H and O–H groups in total. The normalized spacial score (nSPS) is 11.7. The Morgan fingerprint density at radius 2 is 2.04 bits per heavy atom. The number of carbonyl (C=O) groups excluding carboxylic acids is 1. The second-order valence-corrected chi connectivity index (χ2v) is 5.55. The van der Waals surface area contributed by atoms with E-state index in [0.29, 0.717) is 23.2 Å². The highest BCUT2D eigenvalue weighted by atomic mass is 32.1. The second-order valence-electron chi connectivity index (χ2n) is 4.68. The molecule has 0 saturated heterocycles. The van der Waals surface area contributed by atoms with Crippen molar-refractivity contribution in [2.75, 3.05) is 5.32 Å². The molecule has 3 aromatic rings. The summed E-state index contributed by atoms with van der Waals surface area (Å²) >= 11 is 1.17. The number of benzene rings is 1. The third-order valence-electron chi connectivity index (χ3n) is 3.13. The van der Waals surface area contributed by atoms with E-state index in [-0.39, 0.29) is 0 Å². The van der Waals surface area contributed by atoms with E-state index >= 15 is 0 Å². The van der Waals surface area contributed by atoms with Crippen LogP contribution in [0.4, 0.5) is 23.2 Å². The SMILES string of the molecule is O=C(Nc1cc(C(F)(F)F)ccc1F)c1cnc2sccn2c1=O. The fraction of sp³-hybridized carbons (Fsp3) is 0.0714. The van der Waals surface area contributed by atoms with Crippen LogP contribution in [-0.4, -0.2) is 15.3 Å². The van der Waals surface area contributed by atoms with E-state index in [1.165, 1.54) is 17.5 Å². The van der Waals surface area contributed by atoms with Gasteiger partial charge in [-0.3, -0.25) is 14.0 Å². The predicted octanol–water partition coefficient (Wildman–Crippen LogP) is 3.17. The summed E-state index contributed by atoms with van der Waals surface area (Å²) < 4.78 is 52.8. The first-order chi connectivity index (χ1) is 11.3. The second kappa shape index (κ2) is 5.71. The van der Waals surface area contributed by atoms with E-state index < -0.39 is 40.3 Å². The van der Waals surface area contributed by atoms with Crippen LogP contribution in [-0.2, 0) is 6.18 Å². The summed E-state index contributed by atoms with van der Waals surface area (Å²) in [6.45, 7) is 0. The molecule has 1 aromatic carbocycles. The van der Waals surface area contributed by atoms with Gasteiger partial charge in [-0.2, -0.15) is 13.2 Å². The van der Waals surface area contributed by atoms with Crippen molar-refractivity contribution in [2.24, 2.45) is 0 Å². The number of hydrogen-bond acceptors (Lipinski definition) is 4. The molecule has 0 aliphatic rings. The zero-order chi connectivity index (χ0) is 17.5. The molecule has 24 heavy (non-hydrogen) atoms. The van der Waals surface area contributed by atoms with Gasteiger partial charge in [-0.25, -0.2) is 9.37 Å². The molecule has 3 rings (SSSR count). The van der Waals surface area contributed by atoms with Crippen molar-refractivity contribution in [1.82, 2.24) is 9.38 Å². The number of nitrogens with one attached hydrogen (secondary N) is 1. The van der Waals surface area contributed by atoms with Crippen LogP contribution >= 0.6 is 11.3 Å². The van der Waals surface area contributed by atoms with Crippen molar-refractivity contribution in [3.05, 3.63) is 63.3 Å². The van der Waals surface area contributed by atoms with Crippen molar-refractivity contribution in [2.45, 2.75) is 6.18 Å². The van der Waals surface area contributed by atoms with Crippen LogP contribution in [0.5, 0.6) is 0 Å². The van der Waals surface area contributed by atoms with Gasteiger partial charge < -0.3 is 5.32 Å². The van der Waals surface area contributed by atoms with Crippen LogP contribution in [0, 0.1) is 5.82 Å². The molecule has 0 fully saturated rings. The van der Waals surface area contributed by atoms with Crippen molar-refractivity contribution < 1.29 is 22.4 Å². The van der Waals surface area contributed by atoms with E-state index in [9.17, 15) is 27.2 Å². The van der Waals surface area contributed by atoms with Crippen LogP contribution < -0.4 is 10.9 Å². The molecule has 0 atom stereocenters. The molecule has 0 aliphatic heterocycles. The molecule has 1 amide bonds. The van der Waals surface area contributed by atoms with Gasteiger partial charge in [0.2, 0.25) is 0 Å². The first-order valence-corrected chi connectivity index (χ1v) is 7.28. The lowest BCUT2D eigenvalue weighted by Gasteiger charge is -2.10. The molecule has 5 nitrogen and oxygen atoms in total. The largest absolute Gasteiger partial charge is 0.416 e. The molecular weight excluding hydrogens is 350 g/mol. The fourth-order valence-corrected chi connectivity index (χ4v) is 2.64. The number of fused-ring (bicyclic) bond motifs is 1. The number of amides is 1. The summed E-state index contributed by atoms with van der Waals surface area (Å²) in [5.41, 5.74) is -2.92. The molecule has 0 unspecified atom stereocenters. The van der Waals surface area contributed by atoms with Gasteiger partial charge in [0.15, 0.2) is 4.96 Å². The Morgan fingerprint density at radius 3 is 2.75 bits per heavy atom. The van der Waals surface area contributed by atoms with Crippen LogP contribution in [0.15, 0.2) is 40.8 Å². The molecule has 0 spiro atoms. The van der Waals surface area contributed by atoms with Gasteiger partial charge >= 0.3 is 6.18 Å². The van der Waals surface area contributed by atoms with Gasteiger partial charge in [0.05, 0.1) is 11.3 Å². The highest BCUT2D eigenvalue weighted by molar-refractivity contribution is 7.15. The highest BCUT2D eigenvalue weighted by Crippen LogP contribution is 2.31. The fourth-order valence-electron chi connectivity index (χ4n) is 1.97. The lowest BCUT2D eigenvalue weighted by Crippen LogP contribution is -2.26. The Hall–Kier alpha value is -2.75. The van der Waals surface area contributed by atoms with Crippen molar-refractivity contribution in [3.63, 3.8) is 0 Å². The maximum absolute atomic E-state index is 13.7. The Balaban J connectivity index is 1.97. The van der Waals surface area contributed by atoms with Gasteiger partial charge in [0.25, 0.3) is 11.5 Å². The first kappa shape index (κ1) is 16.1. The minimum absolute atomic E-state index is 0.349. The Labute approximate surface area is 135 Å². The molecule has 0 saturated carbocycles. The standard InChI is InChI=1S/C14H7F4N3O2S/c15-9-2-1-7(14(16,17)18)5-10(9)20-11(22)8-6-19-13-21(12(8)23)3-4-24-13/h1-6H,(H,20,22). The number of halogens is 4. The van der Waals surface area contributed by atoms with Crippen LogP contribution in [0.25, 0.3) is 4.96 Å².